The molecule has 0 aliphatic heterocycles. The van der Waals surface area contributed by atoms with E-state index in [1.807, 2.05) is 0 Å². The Balaban J connectivity index is 3.84. The number of ketones is 1. The second kappa shape index (κ2) is 5.34. The molecule has 0 aromatic heterocycles. The van der Waals surface area contributed by atoms with Gasteiger partial charge in [-0.2, -0.15) is 8.78 Å². The number of hydrogen-bond acceptors (Lipinski definition) is 2. The van der Waals surface area contributed by atoms with Crippen LogP contribution in [0.15, 0.2) is 11.9 Å². The van der Waals surface area contributed by atoms with Crippen LogP contribution in [0.1, 0.15) is 19.3 Å². The smallest absolute Gasteiger partial charge is 0.310 e. The maximum Gasteiger partial charge on any atom is 0.310 e. The van der Waals surface area contributed by atoms with Gasteiger partial charge in [0.05, 0.1) is 0 Å². The van der Waals surface area contributed by atoms with Gasteiger partial charge in [-0.05, 0) is 0 Å². The third-order valence-electron chi connectivity index (χ3n) is 1.18. The zero-order valence-corrected chi connectivity index (χ0v) is 6.52. The fourth-order valence-electron chi connectivity index (χ4n) is 0.601. The molecule has 6 heteroatoms. The second-order valence-corrected chi connectivity index (χ2v) is 2.27. The lowest BCUT2D eigenvalue weighted by Crippen LogP contribution is -2.06. The highest BCUT2D eigenvalue weighted by molar-refractivity contribution is 5.94. The SMILES string of the molecule is O=C(O)CC(=O)CCC(F)=C(F)F. The number of hydrogen-bond donors (Lipinski definition) is 1. The molecule has 0 aliphatic rings. The number of carboxylic acids is 1. The molecule has 13 heavy (non-hydrogen) atoms. The lowest BCUT2D eigenvalue weighted by molar-refractivity contribution is -0.140. The van der Waals surface area contributed by atoms with Crippen molar-refractivity contribution in [2.45, 2.75) is 19.3 Å². The number of carbonyl (C=O) groups is 2. The molecule has 0 amide bonds. The number of Topliss-reactive ketones (excluding diaryl/α,β-unsaturated/α-hetero) is 1. The molecule has 0 aromatic carbocycles. The molecule has 3 nitrogen and oxygen atoms in total. The molecule has 74 valence electrons. The minimum atomic E-state index is -2.47. The fraction of sp³-hybridized carbons (Fsp3) is 0.429. The molecule has 0 unspecified atom stereocenters. The van der Waals surface area contributed by atoms with E-state index < -0.39 is 42.9 Å². The van der Waals surface area contributed by atoms with E-state index in [2.05, 4.69) is 0 Å². The van der Waals surface area contributed by atoms with Crippen molar-refractivity contribution in [2.24, 2.45) is 0 Å². The van der Waals surface area contributed by atoms with E-state index in [1.165, 1.54) is 0 Å². The molecule has 0 fully saturated rings. The summed E-state index contributed by atoms with van der Waals surface area (Å²) in [6, 6.07) is 0. The highest BCUT2D eigenvalue weighted by Gasteiger charge is 2.11. The second-order valence-electron chi connectivity index (χ2n) is 2.27. The van der Waals surface area contributed by atoms with Crippen molar-refractivity contribution >= 4 is 11.8 Å². The Morgan fingerprint density at radius 3 is 2.00 bits per heavy atom. The summed E-state index contributed by atoms with van der Waals surface area (Å²) in [5, 5.41) is 8.08. The van der Waals surface area contributed by atoms with Gasteiger partial charge >= 0.3 is 12.0 Å². The van der Waals surface area contributed by atoms with Crippen LogP contribution in [0, 0.1) is 0 Å². The van der Waals surface area contributed by atoms with Crippen LogP contribution in [-0.4, -0.2) is 16.9 Å². The molecule has 0 bridgehead atoms. The first-order valence-corrected chi connectivity index (χ1v) is 3.36. The minimum absolute atomic E-state index is 0.518. The van der Waals surface area contributed by atoms with Crippen LogP contribution in [-0.2, 0) is 9.59 Å². The van der Waals surface area contributed by atoms with Gasteiger partial charge in [0, 0.05) is 12.8 Å². The van der Waals surface area contributed by atoms with Gasteiger partial charge in [-0.25, -0.2) is 4.39 Å². The van der Waals surface area contributed by atoms with Gasteiger partial charge in [0.1, 0.15) is 12.2 Å². The van der Waals surface area contributed by atoms with Crippen LogP contribution in [0.25, 0.3) is 0 Å². The first kappa shape index (κ1) is 11.7. The Labute approximate surface area is 71.9 Å². The molecule has 0 radical (unpaired) electrons. The van der Waals surface area contributed by atoms with Gasteiger partial charge in [-0.15, -0.1) is 0 Å². The van der Waals surface area contributed by atoms with Crippen LogP contribution < -0.4 is 0 Å². The van der Waals surface area contributed by atoms with Crippen molar-refractivity contribution < 1.29 is 27.9 Å². The minimum Gasteiger partial charge on any atom is -0.481 e. The summed E-state index contributed by atoms with van der Waals surface area (Å²) in [6.45, 7) is 0. The summed E-state index contributed by atoms with van der Waals surface area (Å²) in [5.41, 5.74) is 0. The lowest BCUT2D eigenvalue weighted by Gasteiger charge is -1.95. The standard InChI is InChI=1S/C7H7F3O3/c8-5(7(9)10)2-1-4(11)3-6(12)13/h1-3H2,(H,12,13). The predicted octanol–water partition coefficient (Wildman–Crippen LogP) is 1.89. The largest absolute Gasteiger partial charge is 0.481 e. The Morgan fingerprint density at radius 1 is 1.08 bits per heavy atom. The average molecular weight is 196 g/mol. The monoisotopic (exact) mass is 196 g/mol. The Morgan fingerprint density at radius 2 is 1.62 bits per heavy atom. The summed E-state index contributed by atoms with van der Waals surface area (Å²) < 4.78 is 34.9. The summed E-state index contributed by atoms with van der Waals surface area (Å²) in [5.74, 6) is -3.79. The molecular weight excluding hydrogens is 189 g/mol. The van der Waals surface area contributed by atoms with E-state index in [0.29, 0.717) is 0 Å². The maximum absolute atomic E-state index is 12.1. The first-order chi connectivity index (χ1) is 5.93. The van der Waals surface area contributed by atoms with Crippen molar-refractivity contribution in [3.8, 4) is 0 Å². The average Bonchev–Trinajstić information content (AvgIpc) is 1.98. The first-order valence-electron chi connectivity index (χ1n) is 3.36. The van der Waals surface area contributed by atoms with Gasteiger partial charge in [0.15, 0.2) is 5.83 Å². The maximum atomic E-state index is 12.1. The molecule has 0 spiro atoms. The molecule has 0 aromatic rings. The van der Waals surface area contributed by atoms with Crippen molar-refractivity contribution in [1.82, 2.24) is 0 Å². The number of halogens is 3. The number of rotatable bonds is 5. The van der Waals surface area contributed by atoms with Gasteiger partial charge < -0.3 is 5.11 Å². The van der Waals surface area contributed by atoms with E-state index in [1.54, 1.807) is 0 Å². The van der Waals surface area contributed by atoms with Crippen LogP contribution >= 0.6 is 0 Å². The van der Waals surface area contributed by atoms with Gasteiger partial charge in [0.25, 0.3) is 0 Å². The molecule has 0 saturated carbocycles. The van der Waals surface area contributed by atoms with Crippen LogP contribution in [0.5, 0.6) is 0 Å². The van der Waals surface area contributed by atoms with Crippen molar-refractivity contribution in [2.75, 3.05) is 0 Å². The molecular formula is C7H7F3O3. The van der Waals surface area contributed by atoms with Gasteiger partial charge in [0.2, 0.25) is 0 Å². The molecule has 0 saturated heterocycles. The highest BCUT2D eigenvalue weighted by Crippen LogP contribution is 2.15. The van der Waals surface area contributed by atoms with Gasteiger partial charge in [-0.3, -0.25) is 9.59 Å². The Kier molecular flexibility index (Phi) is 4.79. The van der Waals surface area contributed by atoms with Crippen molar-refractivity contribution in [3.05, 3.63) is 11.9 Å². The normalized spacial score (nSPS) is 9.46. The van der Waals surface area contributed by atoms with Crippen LogP contribution in [0.3, 0.4) is 0 Å². The van der Waals surface area contributed by atoms with Crippen LogP contribution in [0.4, 0.5) is 13.2 Å². The number of carbonyl (C=O) groups excluding carboxylic acids is 1. The summed E-state index contributed by atoms with van der Waals surface area (Å²) >= 11 is 0. The van der Waals surface area contributed by atoms with E-state index in [4.69, 9.17) is 5.11 Å². The molecule has 1 N–H and O–H groups in total. The molecule has 0 rings (SSSR count). The van der Waals surface area contributed by atoms with Crippen molar-refractivity contribution in [3.63, 3.8) is 0 Å². The zero-order valence-electron chi connectivity index (χ0n) is 6.52. The zero-order chi connectivity index (χ0) is 10.4. The quantitative estimate of drug-likeness (QED) is 0.683. The number of carboxylic acid groups (broad SMARTS) is 1. The van der Waals surface area contributed by atoms with Crippen LogP contribution in [0.2, 0.25) is 0 Å². The predicted molar refractivity (Wildman–Crippen MR) is 36.8 cm³/mol. The topological polar surface area (TPSA) is 54.4 Å². The molecule has 0 heterocycles. The van der Waals surface area contributed by atoms with Crippen molar-refractivity contribution in [1.29, 1.82) is 0 Å². The molecule has 0 aliphatic carbocycles. The highest BCUT2D eigenvalue weighted by atomic mass is 19.3. The third-order valence-corrected chi connectivity index (χ3v) is 1.18. The van der Waals surface area contributed by atoms with E-state index in [-0.39, 0.29) is 0 Å². The number of aliphatic carboxylic acids is 1. The molecule has 0 atom stereocenters. The fourth-order valence-corrected chi connectivity index (χ4v) is 0.601. The summed E-state index contributed by atoms with van der Waals surface area (Å²) in [7, 11) is 0. The van der Waals surface area contributed by atoms with E-state index in [9.17, 15) is 22.8 Å². The lowest BCUT2D eigenvalue weighted by atomic mass is 10.1. The summed E-state index contributed by atoms with van der Waals surface area (Å²) in [6.07, 6.45) is -4.49. The van der Waals surface area contributed by atoms with E-state index >= 15 is 0 Å². The number of allylic oxidation sites excluding steroid dienone is 1. The van der Waals surface area contributed by atoms with Gasteiger partial charge in [-0.1, -0.05) is 0 Å². The van der Waals surface area contributed by atoms with E-state index in [0.717, 1.165) is 0 Å². The Bertz CT molecular complexity index is 243. The summed E-state index contributed by atoms with van der Waals surface area (Å²) in [4.78, 5) is 20.5. The third kappa shape index (κ3) is 5.89. The Hall–Kier alpha value is -1.33.